The van der Waals surface area contributed by atoms with E-state index >= 15 is 0 Å². The lowest BCUT2D eigenvalue weighted by molar-refractivity contribution is 0.00284. The molecule has 0 aromatic rings. The summed E-state index contributed by atoms with van der Waals surface area (Å²) in [5, 5.41) is 0. The molecule has 0 spiro atoms. The molecule has 1 unspecified atom stereocenters. The molecule has 13 heavy (non-hydrogen) atoms. The van der Waals surface area contributed by atoms with E-state index in [0.29, 0.717) is 6.10 Å². The average Bonchev–Trinajstić information content (AvgIpc) is 2.13. The number of hydrogen-bond acceptors (Lipinski definition) is 3. The first-order valence-electron chi connectivity index (χ1n) is 4.99. The third kappa shape index (κ3) is 4.60. The third-order valence-electron chi connectivity index (χ3n) is 2.31. The number of nitrogens with zero attached hydrogens (tertiary/aromatic N) is 1. The molecule has 3 nitrogen and oxygen atoms in total. The van der Waals surface area contributed by atoms with Gasteiger partial charge in [0.15, 0.2) is 0 Å². The lowest BCUT2D eigenvalue weighted by Gasteiger charge is -2.35. The van der Waals surface area contributed by atoms with Crippen LogP contribution in [0.3, 0.4) is 0 Å². The van der Waals surface area contributed by atoms with Crippen LogP contribution in [0.4, 0.5) is 0 Å². The zero-order valence-electron chi connectivity index (χ0n) is 8.50. The number of hydrogen-bond donors (Lipinski definition) is 0. The molecule has 1 heterocycles. The number of likely N-dealkylation sites (tertiary alicyclic amines) is 1. The zero-order valence-corrected chi connectivity index (χ0v) is 8.50. The Morgan fingerprint density at radius 3 is 3.00 bits per heavy atom. The van der Waals surface area contributed by atoms with Gasteiger partial charge >= 0.3 is 0 Å². The van der Waals surface area contributed by atoms with Gasteiger partial charge in [0, 0.05) is 20.3 Å². The highest BCUT2D eigenvalue weighted by Gasteiger charge is 2.13. The van der Waals surface area contributed by atoms with E-state index in [4.69, 9.17) is 9.47 Å². The Morgan fingerprint density at radius 1 is 1.46 bits per heavy atom. The predicted octanol–water partition coefficient (Wildman–Crippen LogP) is 1.30. The normalized spacial score (nSPS) is 24.9. The standard InChI is InChI=1S/C10H20NO2/c1-11-6-3-5-10(9-11)13-8-4-7-12-2/h10H,1,3-9H2,2H3/q-1. The van der Waals surface area contributed by atoms with Crippen molar-refractivity contribution in [3.63, 3.8) is 0 Å². The lowest BCUT2D eigenvalue weighted by atomic mass is 10.1. The summed E-state index contributed by atoms with van der Waals surface area (Å²) in [6, 6.07) is 0. The zero-order chi connectivity index (χ0) is 9.52. The van der Waals surface area contributed by atoms with Gasteiger partial charge in [0.1, 0.15) is 0 Å². The van der Waals surface area contributed by atoms with Gasteiger partial charge in [0.05, 0.1) is 6.10 Å². The van der Waals surface area contributed by atoms with Crippen LogP contribution in [-0.4, -0.2) is 44.4 Å². The maximum atomic E-state index is 5.69. The van der Waals surface area contributed by atoms with Crippen LogP contribution >= 0.6 is 0 Å². The molecule has 0 saturated carbocycles. The number of piperidine rings is 1. The van der Waals surface area contributed by atoms with Gasteiger partial charge in [-0.1, -0.05) is 0 Å². The van der Waals surface area contributed by atoms with E-state index in [1.54, 1.807) is 7.11 Å². The summed E-state index contributed by atoms with van der Waals surface area (Å²) in [6.07, 6.45) is 3.77. The molecule has 1 rings (SSSR count). The van der Waals surface area contributed by atoms with Gasteiger partial charge in [0.2, 0.25) is 0 Å². The van der Waals surface area contributed by atoms with Crippen molar-refractivity contribution in [2.45, 2.75) is 25.4 Å². The molecule has 0 radical (unpaired) electrons. The highest BCUT2D eigenvalue weighted by molar-refractivity contribution is 4.72. The molecule has 0 bridgehead atoms. The largest absolute Gasteiger partial charge is 0.457 e. The summed E-state index contributed by atoms with van der Waals surface area (Å²) < 4.78 is 10.6. The minimum absolute atomic E-state index is 0.392. The quantitative estimate of drug-likeness (QED) is 0.477. The molecular weight excluding hydrogens is 166 g/mol. The average molecular weight is 186 g/mol. The van der Waals surface area contributed by atoms with Crippen LogP contribution in [-0.2, 0) is 9.47 Å². The smallest absolute Gasteiger partial charge is 0.0678 e. The van der Waals surface area contributed by atoms with Crippen LogP contribution in [0, 0.1) is 7.05 Å². The summed E-state index contributed by atoms with van der Waals surface area (Å²) >= 11 is 0. The maximum Gasteiger partial charge on any atom is 0.0678 e. The number of ether oxygens (including phenoxy) is 2. The molecule has 0 amide bonds. The second kappa shape index (κ2) is 6.35. The first kappa shape index (κ1) is 11.0. The van der Waals surface area contributed by atoms with Crippen molar-refractivity contribution in [2.24, 2.45) is 0 Å². The molecule has 1 saturated heterocycles. The van der Waals surface area contributed by atoms with E-state index in [-0.39, 0.29) is 0 Å². The second-order valence-electron chi connectivity index (χ2n) is 3.56. The molecule has 1 atom stereocenters. The highest BCUT2D eigenvalue weighted by atomic mass is 16.5. The van der Waals surface area contributed by atoms with Gasteiger partial charge < -0.3 is 14.4 Å². The van der Waals surface area contributed by atoms with Crippen LogP contribution in [0.25, 0.3) is 0 Å². The van der Waals surface area contributed by atoms with E-state index < -0.39 is 0 Å². The summed E-state index contributed by atoms with van der Waals surface area (Å²) in [5.74, 6) is 0. The van der Waals surface area contributed by atoms with Crippen LogP contribution in [0.2, 0.25) is 0 Å². The van der Waals surface area contributed by atoms with Gasteiger partial charge in [-0.3, -0.25) is 7.05 Å². The molecule has 78 valence electrons. The monoisotopic (exact) mass is 186 g/mol. The molecule has 1 aliphatic rings. The Balaban J connectivity index is 2.00. The number of methoxy groups -OCH3 is 1. The lowest BCUT2D eigenvalue weighted by Crippen LogP contribution is -2.35. The van der Waals surface area contributed by atoms with Crippen molar-refractivity contribution in [3.05, 3.63) is 7.05 Å². The van der Waals surface area contributed by atoms with Crippen molar-refractivity contribution in [3.8, 4) is 0 Å². The van der Waals surface area contributed by atoms with Gasteiger partial charge in [0.25, 0.3) is 0 Å². The minimum atomic E-state index is 0.392. The Kier molecular flexibility index (Phi) is 5.35. The molecule has 1 fully saturated rings. The van der Waals surface area contributed by atoms with Gasteiger partial charge in [-0.25, -0.2) is 0 Å². The fourth-order valence-electron chi connectivity index (χ4n) is 1.60. The molecular formula is C10H20NO2-. The topological polar surface area (TPSA) is 21.7 Å². The van der Waals surface area contributed by atoms with Crippen LogP contribution in [0.1, 0.15) is 19.3 Å². The van der Waals surface area contributed by atoms with E-state index in [0.717, 1.165) is 32.7 Å². The summed E-state index contributed by atoms with van der Waals surface area (Å²) in [6.45, 7) is 3.69. The maximum absolute atomic E-state index is 5.69. The highest BCUT2D eigenvalue weighted by Crippen LogP contribution is 2.12. The summed E-state index contributed by atoms with van der Waals surface area (Å²) in [4.78, 5) is 2.09. The second-order valence-corrected chi connectivity index (χ2v) is 3.56. The van der Waals surface area contributed by atoms with E-state index in [2.05, 4.69) is 11.9 Å². The Labute approximate surface area is 81.0 Å². The molecule has 0 N–H and O–H groups in total. The molecule has 0 aromatic heterocycles. The third-order valence-corrected chi connectivity index (χ3v) is 2.31. The van der Waals surface area contributed by atoms with Crippen LogP contribution in [0.15, 0.2) is 0 Å². The minimum Gasteiger partial charge on any atom is -0.457 e. The summed E-state index contributed by atoms with van der Waals surface area (Å²) in [5.41, 5.74) is 0. The van der Waals surface area contributed by atoms with Crippen molar-refractivity contribution in [1.29, 1.82) is 0 Å². The van der Waals surface area contributed by atoms with E-state index in [1.807, 2.05) is 0 Å². The van der Waals surface area contributed by atoms with Gasteiger partial charge in [-0.15, -0.1) is 0 Å². The Hall–Kier alpha value is -0.120. The first-order chi connectivity index (χ1) is 6.33. The van der Waals surface area contributed by atoms with E-state index in [9.17, 15) is 0 Å². The van der Waals surface area contributed by atoms with Crippen LogP contribution < -0.4 is 0 Å². The van der Waals surface area contributed by atoms with Gasteiger partial charge in [-0.05, 0) is 32.4 Å². The molecule has 1 aliphatic heterocycles. The van der Waals surface area contributed by atoms with E-state index in [1.165, 1.54) is 12.8 Å². The van der Waals surface area contributed by atoms with Crippen molar-refractivity contribution >= 4 is 0 Å². The fraction of sp³-hybridized carbons (Fsp3) is 0.900. The molecule has 0 aliphatic carbocycles. The number of rotatable bonds is 5. The summed E-state index contributed by atoms with van der Waals surface area (Å²) in [7, 11) is 5.64. The Bertz CT molecular complexity index is 130. The SMILES string of the molecule is [CH2-]N1CCCC(OCCCOC)C1. The first-order valence-corrected chi connectivity index (χ1v) is 4.99. The van der Waals surface area contributed by atoms with Crippen molar-refractivity contribution in [1.82, 2.24) is 4.90 Å². The fourth-order valence-corrected chi connectivity index (χ4v) is 1.60. The van der Waals surface area contributed by atoms with Crippen molar-refractivity contribution in [2.75, 3.05) is 33.4 Å². The predicted molar refractivity (Wildman–Crippen MR) is 52.4 cm³/mol. The van der Waals surface area contributed by atoms with Gasteiger partial charge in [-0.2, -0.15) is 0 Å². The Morgan fingerprint density at radius 2 is 2.31 bits per heavy atom. The molecule has 3 heteroatoms. The van der Waals surface area contributed by atoms with Crippen molar-refractivity contribution < 1.29 is 9.47 Å². The molecule has 0 aromatic carbocycles. The van der Waals surface area contributed by atoms with Crippen LogP contribution in [0.5, 0.6) is 0 Å².